The normalized spacial score (nSPS) is 11.0. The standard InChI is InChI=1S/C14H14ClFN2S/c1-8(2)5-10-7-13(19)18-14(17-10)9-3-4-12(16)11(15)6-9/h3-4,6-8H,5H2,1-2H3,(H,17,18,19). The van der Waals surface area contributed by atoms with E-state index in [9.17, 15) is 4.39 Å². The Morgan fingerprint density at radius 3 is 2.74 bits per heavy atom. The smallest absolute Gasteiger partial charge is 0.141 e. The Morgan fingerprint density at radius 1 is 1.37 bits per heavy atom. The second-order valence-electron chi connectivity index (χ2n) is 4.82. The van der Waals surface area contributed by atoms with Crippen molar-refractivity contribution in [3.63, 3.8) is 0 Å². The van der Waals surface area contributed by atoms with Gasteiger partial charge in [-0.15, -0.1) is 0 Å². The predicted molar refractivity (Wildman–Crippen MR) is 78.4 cm³/mol. The molecule has 0 fully saturated rings. The SMILES string of the molecule is CC(C)Cc1cc(=S)nc(-c2ccc(F)c(Cl)c2)[nH]1. The highest BCUT2D eigenvalue weighted by Gasteiger charge is 2.07. The lowest BCUT2D eigenvalue weighted by molar-refractivity contribution is 0.628. The quantitative estimate of drug-likeness (QED) is 0.824. The summed E-state index contributed by atoms with van der Waals surface area (Å²) in [6, 6.07) is 6.35. The van der Waals surface area contributed by atoms with E-state index < -0.39 is 5.82 Å². The van der Waals surface area contributed by atoms with Gasteiger partial charge in [0.05, 0.1) is 5.02 Å². The third kappa shape index (κ3) is 3.61. The van der Waals surface area contributed by atoms with Crippen molar-refractivity contribution in [1.29, 1.82) is 0 Å². The topological polar surface area (TPSA) is 28.7 Å². The second kappa shape index (κ2) is 5.80. The van der Waals surface area contributed by atoms with Crippen LogP contribution in [-0.4, -0.2) is 9.97 Å². The van der Waals surface area contributed by atoms with Crippen LogP contribution >= 0.6 is 23.8 Å². The molecule has 100 valence electrons. The molecule has 0 aliphatic heterocycles. The number of rotatable bonds is 3. The van der Waals surface area contributed by atoms with Crippen molar-refractivity contribution < 1.29 is 4.39 Å². The summed E-state index contributed by atoms with van der Waals surface area (Å²) in [5.74, 6) is 0.685. The van der Waals surface area contributed by atoms with E-state index in [4.69, 9.17) is 23.8 Å². The average molecular weight is 297 g/mol. The summed E-state index contributed by atoms with van der Waals surface area (Å²) in [5.41, 5.74) is 1.74. The van der Waals surface area contributed by atoms with Gasteiger partial charge in [0.1, 0.15) is 16.3 Å². The maximum absolute atomic E-state index is 13.2. The molecule has 2 aromatic rings. The van der Waals surface area contributed by atoms with Gasteiger partial charge >= 0.3 is 0 Å². The molecule has 0 atom stereocenters. The number of nitrogens with zero attached hydrogens (tertiary/aromatic N) is 1. The first-order valence-corrected chi connectivity index (χ1v) is 6.80. The van der Waals surface area contributed by atoms with E-state index in [2.05, 4.69) is 23.8 Å². The molecule has 0 spiro atoms. The van der Waals surface area contributed by atoms with Crippen molar-refractivity contribution in [2.75, 3.05) is 0 Å². The lowest BCUT2D eigenvalue weighted by atomic mass is 10.1. The molecule has 1 heterocycles. The average Bonchev–Trinajstić information content (AvgIpc) is 2.31. The molecular weight excluding hydrogens is 283 g/mol. The number of hydrogen-bond donors (Lipinski definition) is 1. The highest BCUT2D eigenvalue weighted by molar-refractivity contribution is 7.71. The first-order chi connectivity index (χ1) is 8.95. The van der Waals surface area contributed by atoms with Gasteiger partial charge in [0.25, 0.3) is 0 Å². The van der Waals surface area contributed by atoms with Gasteiger partial charge in [0.15, 0.2) is 0 Å². The fraction of sp³-hybridized carbons (Fsp3) is 0.286. The highest BCUT2D eigenvalue weighted by Crippen LogP contribution is 2.22. The molecule has 0 saturated carbocycles. The van der Waals surface area contributed by atoms with Crippen LogP contribution in [0.2, 0.25) is 5.02 Å². The van der Waals surface area contributed by atoms with E-state index in [0.29, 0.717) is 16.4 Å². The summed E-state index contributed by atoms with van der Waals surface area (Å²) in [6.45, 7) is 4.26. The Bertz CT molecular complexity index is 652. The molecule has 0 amide bonds. The number of aromatic nitrogens is 2. The molecule has 0 saturated heterocycles. The van der Waals surface area contributed by atoms with Gasteiger partial charge in [-0.3, -0.25) is 0 Å². The zero-order chi connectivity index (χ0) is 14.0. The van der Waals surface area contributed by atoms with Crippen molar-refractivity contribution >= 4 is 23.8 Å². The minimum atomic E-state index is -0.442. The van der Waals surface area contributed by atoms with Crippen LogP contribution in [0.25, 0.3) is 11.4 Å². The van der Waals surface area contributed by atoms with Gasteiger partial charge < -0.3 is 4.98 Å². The van der Waals surface area contributed by atoms with Gasteiger partial charge in [-0.1, -0.05) is 37.7 Å². The maximum Gasteiger partial charge on any atom is 0.141 e. The number of H-pyrrole nitrogens is 1. The molecular formula is C14H14ClFN2S. The number of hydrogen-bond acceptors (Lipinski definition) is 2. The second-order valence-corrected chi connectivity index (χ2v) is 5.65. The number of nitrogens with one attached hydrogen (secondary N) is 1. The Labute approximate surface area is 121 Å². The van der Waals surface area contributed by atoms with E-state index in [1.807, 2.05) is 6.07 Å². The summed E-state index contributed by atoms with van der Waals surface area (Å²) in [7, 11) is 0. The van der Waals surface area contributed by atoms with Crippen LogP contribution in [0.1, 0.15) is 19.5 Å². The van der Waals surface area contributed by atoms with Crippen LogP contribution in [0, 0.1) is 16.4 Å². The fourth-order valence-corrected chi connectivity index (χ4v) is 2.25. The van der Waals surface area contributed by atoms with Crippen LogP contribution in [0.3, 0.4) is 0 Å². The van der Waals surface area contributed by atoms with Gasteiger partial charge in [0, 0.05) is 11.3 Å². The van der Waals surface area contributed by atoms with Crippen LogP contribution in [0.5, 0.6) is 0 Å². The largest absolute Gasteiger partial charge is 0.343 e. The van der Waals surface area contributed by atoms with Crippen LogP contribution in [-0.2, 0) is 6.42 Å². The Kier molecular flexibility index (Phi) is 4.32. The molecule has 1 N–H and O–H groups in total. The first-order valence-electron chi connectivity index (χ1n) is 6.01. The van der Waals surface area contributed by atoms with Crippen molar-refractivity contribution in [2.45, 2.75) is 20.3 Å². The minimum absolute atomic E-state index is 0.0767. The lowest BCUT2D eigenvalue weighted by Crippen LogP contribution is -2.00. The zero-order valence-electron chi connectivity index (χ0n) is 10.7. The molecule has 1 aromatic heterocycles. The summed E-state index contributed by atoms with van der Waals surface area (Å²) >= 11 is 10.9. The zero-order valence-corrected chi connectivity index (χ0v) is 12.3. The summed E-state index contributed by atoms with van der Waals surface area (Å²) in [4.78, 5) is 7.48. The molecule has 0 aliphatic rings. The van der Waals surface area contributed by atoms with Crippen LogP contribution < -0.4 is 0 Å². The summed E-state index contributed by atoms with van der Waals surface area (Å²) in [6.07, 6.45) is 0.883. The lowest BCUT2D eigenvalue weighted by Gasteiger charge is -2.08. The van der Waals surface area contributed by atoms with Crippen molar-refractivity contribution in [2.24, 2.45) is 5.92 Å². The fourth-order valence-electron chi connectivity index (χ4n) is 1.84. The molecule has 5 heteroatoms. The van der Waals surface area contributed by atoms with Gasteiger partial charge in [-0.25, -0.2) is 9.37 Å². The van der Waals surface area contributed by atoms with Crippen LogP contribution in [0.4, 0.5) is 4.39 Å². The van der Waals surface area contributed by atoms with E-state index in [0.717, 1.165) is 17.7 Å². The predicted octanol–water partition coefficient (Wildman–Crippen LogP) is 4.80. The molecule has 2 nitrogen and oxygen atoms in total. The Morgan fingerprint density at radius 2 is 2.11 bits per heavy atom. The van der Waals surface area contributed by atoms with Crippen molar-refractivity contribution in [3.05, 3.63) is 45.4 Å². The molecule has 0 radical (unpaired) electrons. The van der Waals surface area contributed by atoms with E-state index in [1.54, 1.807) is 12.1 Å². The van der Waals surface area contributed by atoms with Crippen molar-refractivity contribution in [3.8, 4) is 11.4 Å². The number of aromatic amines is 1. The highest BCUT2D eigenvalue weighted by atomic mass is 35.5. The molecule has 0 unspecified atom stereocenters. The van der Waals surface area contributed by atoms with Gasteiger partial charge in [-0.2, -0.15) is 0 Å². The number of benzene rings is 1. The van der Waals surface area contributed by atoms with E-state index in [-0.39, 0.29) is 5.02 Å². The van der Waals surface area contributed by atoms with E-state index in [1.165, 1.54) is 6.07 Å². The number of halogens is 2. The first kappa shape index (κ1) is 14.2. The Hall–Kier alpha value is -1.26. The molecule has 19 heavy (non-hydrogen) atoms. The summed E-state index contributed by atoms with van der Waals surface area (Å²) < 4.78 is 13.7. The van der Waals surface area contributed by atoms with Crippen LogP contribution in [0.15, 0.2) is 24.3 Å². The third-order valence-corrected chi connectivity index (χ3v) is 3.12. The van der Waals surface area contributed by atoms with Crippen molar-refractivity contribution in [1.82, 2.24) is 9.97 Å². The molecule has 0 bridgehead atoms. The van der Waals surface area contributed by atoms with E-state index >= 15 is 0 Å². The van der Waals surface area contributed by atoms with Gasteiger partial charge in [0.2, 0.25) is 0 Å². The summed E-state index contributed by atoms with van der Waals surface area (Å²) in [5, 5.41) is 0.0767. The molecule has 0 aliphatic carbocycles. The molecule has 1 aromatic carbocycles. The van der Waals surface area contributed by atoms with Gasteiger partial charge in [-0.05, 0) is 36.6 Å². The molecule has 2 rings (SSSR count). The Balaban J connectivity index is 2.46. The monoisotopic (exact) mass is 296 g/mol. The maximum atomic E-state index is 13.2. The minimum Gasteiger partial charge on any atom is -0.343 e. The third-order valence-electron chi connectivity index (χ3n) is 2.62.